The fourth-order valence-corrected chi connectivity index (χ4v) is 10.9. The largest absolute Gasteiger partial charge is 0.504 e. The fraction of sp³-hybridized carbons (Fsp3) is 0.736. The molecule has 30 heteroatoms. The summed E-state index contributed by atoms with van der Waals surface area (Å²) in [6, 6.07) is -10.5. The molecule has 0 bridgehead atoms. The molecule has 17 atom stereocenters. The van der Waals surface area contributed by atoms with Crippen molar-refractivity contribution in [1.29, 1.82) is 0 Å². The molecule has 4 rings (SSSR count). The molecule has 1 aromatic carbocycles. The number of phenolic OH excluding ortho intramolecular Hbond substituents is 1. The van der Waals surface area contributed by atoms with Gasteiger partial charge in [-0.05, 0) is 49.3 Å². The van der Waals surface area contributed by atoms with E-state index in [4.69, 9.17) is 5.73 Å². The summed E-state index contributed by atoms with van der Waals surface area (Å²) in [7, 11) is -5.33. The highest BCUT2D eigenvalue weighted by molar-refractivity contribution is 7.81. The summed E-state index contributed by atoms with van der Waals surface area (Å²) in [5.41, 5.74) is 4.76. The lowest BCUT2D eigenvalue weighted by Gasteiger charge is -2.34. The molecule has 3 fully saturated rings. The first-order valence-electron chi connectivity index (χ1n) is 28.2. The minimum absolute atomic E-state index is 0.117. The predicted octanol–water partition coefficient (Wildman–Crippen LogP) is -3.13. The van der Waals surface area contributed by atoms with Crippen LogP contribution in [0.15, 0.2) is 18.2 Å². The molecule has 83 heavy (non-hydrogen) atoms. The van der Waals surface area contributed by atoms with Crippen LogP contribution in [0.25, 0.3) is 0 Å². The number of carbonyl (C=O) groups is 8. The third-order valence-electron chi connectivity index (χ3n) is 15.5. The third kappa shape index (κ3) is 20.4. The maximum Gasteiger partial charge on any atom is 0.446 e. The average Bonchev–Trinajstić information content (AvgIpc) is 3.57. The number of nitrogens with zero attached hydrogens (tertiary/aromatic N) is 2. The Labute approximate surface area is 482 Å². The fourth-order valence-electron chi connectivity index (χ4n) is 10.6. The van der Waals surface area contributed by atoms with Crippen molar-refractivity contribution in [2.24, 2.45) is 23.5 Å². The van der Waals surface area contributed by atoms with Crippen molar-refractivity contribution in [3.63, 3.8) is 0 Å². The molecule has 3 aliphatic rings. The minimum atomic E-state index is -5.33. The van der Waals surface area contributed by atoms with Gasteiger partial charge in [-0.1, -0.05) is 91.5 Å². The van der Waals surface area contributed by atoms with Crippen LogP contribution in [0.4, 0.5) is 0 Å². The van der Waals surface area contributed by atoms with Gasteiger partial charge in [0.2, 0.25) is 47.3 Å². The zero-order valence-electron chi connectivity index (χ0n) is 47.4. The smallest absolute Gasteiger partial charge is 0.446 e. The van der Waals surface area contributed by atoms with Crippen molar-refractivity contribution in [3.8, 4) is 11.5 Å². The van der Waals surface area contributed by atoms with Crippen LogP contribution in [0.3, 0.4) is 0 Å². The van der Waals surface area contributed by atoms with Gasteiger partial charge < -0.3 is 92.3 Å². The van der Waals surface area contributed by atoms with Gasteiger partial charge in [0.05, 0.1) is 30.8 Å². The van der Waals surface area contributed by atoms with E-state index in [0.717, 1.165) is 64.0 Å². The van der Waals surface area contributed by atoms with E-state index in [0.29, 0.717) is 40.5 Å². The van der Waals surface area contributed by atoms with E-state index in [9.17, 15) is 97.3 Å². The van der Waals surface area contributed by atoms with Gasteiger partial charge in [-0.25, -0.2) is 0 Å². The van der Waals surface area contributed by atoms with Gasteiger partial charge in [-0.2, -0.15) is 8.42 Å². The molecule has 0 unspecified atom stereocenters. The quantitative estimate of drug-likeness (QED) is 0.0359. The van der Waals surface area contributed by atoms with Crippen LogP contribution in [-0.2, 0) is 48.8 Å². The first-order valence-corrected chi connectivity index (χ1v) is 29.6. The molecular weight excluding hydrogens is 1120 g/mol. The molecule has 1 aromatic rings. The van der Waals surface area contributed by atoms with Crippen LogP contribution in [-0.4, -0.2) is 208 Å². The van der Waals surface area contributed by atoms with Gasteiger partial charge in [-0.15, -0.1) is 0 Å². The molecule has 8 amide bonds. The molecule has 3 heterocycles. The number of aliphatic hydroxyl groups is 8. The average molecular weight is 1200 g/mol. The van der Waals surface area contributed by atoms with Gasteiger partial charge in [0.25, 0.3) is 0 Å². The standard InChI is InChI=1S/C53H86N8O21S/c1-6-26(2)19-27(3)15-13-11-9-7-8-10-12-14-16-39(68)55-32-22-36(66)49(74)59-51(76)43-44(69)28(4)24-61(43)53(78)41(35(65)23-38(54)67)57-50(75)42(46(71)45(70)30-17-18-34(64)37(20-30)82-83(79,80)81)58-48(73)33-21-31(63)25-60(33)52(77)40(29(5)62)56-47(32)72/h17-18,20,26-29,31-33,35-36,40-46,49,62-66,69-71,74H,6-16,19,21-25H2,1-5H3,(H2,54,67)(H,55,68)(H,56,72)(H,57,75)(H,58,73)(H,59,76)(H,79,80,81)/t26-,27-,28+,29+,31+,32+,33-,35+,36-,40+,41-,42-,43+,44-,45-,46-,49-/m1/s1. The molecule has 0 aromatic heterocycles. The Morgan fingerprint density at radius 2 is 1.35 bits per heavy atom. The van der Waals surface area contributed by atoms with Crippen LogP contribution in [0.1, 0.15) is 143 Å². The van der Waals surface area contributed by atoms with Gasteiger partial charge in [-0.3, -0.25) is 42.9 Å². The lowest BCUT2D eigenvalue weighted by atomic mass is 9.91. The van der Waals surface area contributed by atoms with Crippen molar-refractivity contribution in [2.75, 3.05) is 13.1 Å². The number of fused-ring (bicyclic) bond motifs is 2. The number of benzene rings is 1. The number of phenols is 1. The van der Waals surface area contributed by atoms with Crippen molar-refractivity contribution in [1.82, 2.24) is 36.4 Å². The van der Waals surface area contributed by atoms with E-state index in [2.05, 4.69) is 40.9 Å². The molecular formula is C53H86N8O21S. The summed E-state index contributed by atoms with van der Waals surface area (Å²) in [5.74, 6) is -11.9. The highest BCUT2D eigenvalue weighted by atomic mass is 32.3. The number of carbonyl (C=O) groups excluding carboxylic acids is 8. The Balaban J connectivity index is 1.71. The van der Waals surface area contributed by atoms with Crippen LogP contribution in [0, 0.1) is 17.8 Å². The van der Waals surface area contributed by atoms with Crippen molar-refractivity contribution < 1.29 is 101 Å². The number of nitrogens with one attached hydrogen (secondary N) is 5. The molecule has 3 saturated heterocycles. The molecule has 17 N–H and O–H groups in total. The summed E-state index contributed by atoms with van der Waals surface area (Å²) in [6.07, 6.45) is -9.07. The second-order valence-electron chi connectivity index (χ2n) is 22.5. The van der Waals surface area contributed by atoms with Crippen molar-refractivity contribution in [2.45, 2.75) is 216 Å². The third-order valence-corrected chi connectivity index (χ3v) is 15.8. The Morgan fingerprint density at radius 3 is 1.95 bits per heavy atom. The number of hydrogen-bond acceptors (Lipinski definition) is 20. The Hall–Kier alpha value is -5.83. The van der Waals surface area contributed by atoms with Crippen LogP contribution < -0.4 is 36.5 Å². The van der Waals surface area contributed by atoms with Crippen LogP contribution in [0.5, 0.6) is 11.5 Å². The summed E-state index contributed by atoms with van der Waals surface area (Å²) in [5, 5.41) is 112. The first kappa shape index (κ1) is 69.7. The van der Waals surface area contributed by atoms with E-state index >= 15 is 0 Å². The summed E-state index contributed by atoms with van der Waals surface area (Å²) >= 11 is 0. The lowest BCUT2D eigenvalue weighted by molar-refractivity contribution is -0.149. The number of primary amides is 1. The molecule has 0 saturated carbocycles. The molecule has 0 radical (unpaired) electrons. The van der Waals surface area contributed by atoms with Gasteiger partial charge in [0, 0.05) is 38.3 Å². The van der Waals surface area contributed by atoms with Crippen LogP contribution >= 0.6 is 0 Å². The number of rotatable bonds is 24. The second kappa shape index (κ2) is 31.9. The summed E-state index contributed by atoms with van der Waals surface area (Å²) < 4.78 is 36.6. The van der Waals surface area contributed by atoms with E-state index in [1.165, 1.54) is 19.8 Å². The number of aliphatic hydroxyl groups excluding tert-OH is 8. The normalized spacial score (nSPS) is 28.4. The summed E-state index contributed by atoms with van der Waals surface area (Å²) in [4.78, 5) is 113. The molecule has 3 aliphatic heterocycles. The Morgan fingerprint density at radius 1 is 0.759 bits per heavy atom. The van der Waals surface area contributed by atoms with Gasteiger partial charge in [0.1, 0.15) is 54.6 Å². The molecule has 470 valence electrons. The maximum atomic E-state index is 14.6. The van der Waals surface area contributed by atoms with Gasteiger partial charge in [0.15, 0.2) is 17.7 Å². The summed E-state index contributed by atoms with van der Waals surface area (Å²) in [6.45, 7) is 7.97. The number of unbranched alkanes of at least 4 members (excludes halogenated alkanes) is 7. The number of nitrogens with two attached hydrogens (primary N) is 1. The minimum Gasteiger partial charge on any atom is -0.504 e. The number of hydrogen-bond donors (Lipinski definition) is 16. The van der Waals surface area contributed by atoms with Crippen molar-refractivity contribution in [3.05, 3.63) is 23.8 Å². The SMILES string of the molecule is CC[C@@H](C)C[C@H](C)CCCCCCCCCCC(=O)N[C@H]1C[C@@H](O)[C@@H](O)NC(=O)[C@@H]2[C@H](O)[C@@H](C)CN2C(=O)[C@@H]([C@@H](O)CC(N)=O)NC(=O)[C@@H]([C@@H](O)[C@H](O)c2ccc(O)c(OS(=O)(=O)O)c2)NC(=O)[C@H]2C[C@H](O)CN2C(=O)[C@H]([C@H](C)O)NC1=O. The van der Waals surface area contributed by atoms with Gasteiger partial charge >= 0.3 is 10.4 Å². The number of aromatic hydroxyl groups is 1. The first-order chi connectivity index (χ1) is 38.8. The Bertz CT molecular complexity index is 2510. The lowest BCUT2D eigenvalue weighted by Crippen LogP contribution is -2.64. The zero-order valence-corrected chi connectivity index (χ0v) is 48.2. The highest BCUT2D eigenvalue weighted by Gasteiger charge is 2.51. The second-order valence-corrected chi connectivity index (χ2v) is 23.5. The molecule has 0 spiro atoms. The van der Waals surface area contributed by atoms with E-state index in [1.54, 1.807) is 0 Å². The van der Waals surface area contributed by atoms with Crippen molar-refractivity contribution >= 4 is 57.7 Å². The monoisotopic (exact) mass is 1200 g/mol. The zero-order chi connectivity index (χ0) is 62.2. The Kier molecular flexibility index (Phi) is 26.8. The van der Waals surface area contributed by atoms with E-state index in [1.807, 2.05) is 10.6 Å². The highest BCUT2D eigenvalue weighted by Crippen LogP contribution is 2.33. The maximum absolute atomic E-state index is 14.6. The van der Waals surface area contributed by atoms with Crippen LogP contribution in [0.2, 0.25) is 0 Å². The van der Waals surface area contributed by atoms with E-state index < -0.39 is 198 Å². The molecule has 0 aliphatic carbocycles. The number of amides is 8. The molecule has 29 nitrogen and oxygen atoms in total. The van der Waals surface area contributed by atoms with E-state index in [-0.39, 0.29) is 6.42 Å². The predicted molar refractivity (Wildman–Crippen MR) is 291 cm³/mol. The topological polar surface area (TPSA) is 475 Å².